The van der Waals surface area contributed by atoms with Crippen LogP contribution >= 0.6 is 15.9 Å². The molecule has 2 rings (SSSR count). The molecule has 1 aromatic rings. The van der Waals surface area contributed by atoms with Crippen LogP contribution in [0.3, 0.4) is 0 Å². The SMILES string of the molecule is O=C(Nc1ccc(OC(F)(F)F)c(Br)c1)C1CNC1. The van der Waals surface area contributed by atoms with Crippen molar-refractivity contribution in [2.24, 2.45) is 5.92 Å². The molecule has 1 heterocycles. The summed E-state index contributed by atoms with van der Waals surface area (Å²) in [6.45, 7) is 1.23. The Labute approximate surface area is 115 Å². The van der Waals surface area contributed by atoms with Crippen molar-refractivity contribution in [3.05, 3.63) is 22.7 Å². The molecule has 0 saturated carbocycles. The highest BCUT2D eigenvalue weighted by molar-refractivity contribution is 9.10. The van der Waals surface area contributed by atoms with Gasteiger partial charge in [-0.1, -0.05) is 0 Å². The van der Waals surface area contributed by atoms with Crippen molar-refractivity contribution in [3.63, 3.8) is 0 Å². The third-order valence-electron chi connectivity index (χ3n) is 2.58. The van der Waals surface area contributed by atoms with Crippen LogP contribution in [0.2, 0.25) is 0 Å². The highest BCUT2D eigenvalue weighted by atomic mass is 79.9. The minimum absolute atomic E-state index is 0.0927. The number of nitrogens with one attached hydrogen (secondary N) is 2. The van der Waals surface area contributed by atoms with Crippen molar-refractivity contribution >= 4 is 27.5 Å². The summed E-state index contributed by atoms with van der Waals surface area (Å²) in [7, 11) is 0. The molecule has 1 aromatic carbocycles. The maximum Gasteiger partial charge on any atom is 0.573 e. The van der Waals surface area contributed by atoms with E-state index in [-0.39, 0.29) is 22.0 Å². The van der Waals surface area contributed by atoms with Crippen molar-refractivity contribution in [3.8, 4) is 5.75 Å². The molecule has 1 fully saturated rings. The molecule has 19 heavy (non-hydrogen) atoms. The Bertz CT molecular complexity index is 489. The number of rotatable bonds is 3. The van der Waals surface area contributed by atoms with Gasteiger partial charge >= 0.3 is 6.36 Å². The zero-order chi connectivity index (χ0) is 14.0. The lowest BCUT2D eigenvalue weighted by molar-refractivity contribution is -0.274. The van der Waals surface area contributed by atoms with E-state index in [2.05, 4.69) is 31.3 Å². The van der Waals surface area contributed by atoms with E-state index >= 15 is 0 Å². The highest BCUT2D eigenvalue weighted by Gasteiger charge is 2.32. The number of amides is 1. The minimum Gasteiger partial charge on any atom is -0.405 e. The van der Waals surface area contributed by atoms with E-state index in [1.165, 1.54) is 12.1 Å². The van der Waals surface area contributed by atoms with Crippen molar-refractivity contribution < 1.29 is 22.7 Å². The average molecular weight is 339 g/mol. The second-order valence-electron chi connectivity index (χ2n) is 4.04. The predicted molar refractivity (Wildman–Crippen MR) is 65.8 cm³/mol. The Balaban J connectivity index is 2.03. The standard InChI is InChI=1S/C11H10BrF3N2O2/c12-8-3-7(17-10(18)6-4-16-5-6)1-2-9(8)19-11(13,14)15/h1-3,6,16H,4-5H2,(H,17,18). The second kappa shape index (κ2) is 5.38. The number of hydrogen-bond acceptors (Lipinski definition) is 3. The summed E-state index contributed by atoms with van der Waals surface area (Å²) >= 11 is 2.97. The van der Waals surface area contributed by atoms with Crippen LogP contribution in [0.15, 0.2) is 22.7 Å². The van der Waals surface area contributed by atoms with Gasteiger partial charge in [0.1, 0.15) is 5.75 Å². The van der Waals surface area contributed by atoms with E-state index in [0.29, 0.717) is 18.8 Å². The van der Waals surface area contributed by atoms with Crippen LogP contribution in [-0.4, -0.2) is 25.4 Å². The van der Waals surface area contributed by atoms with Gasteiger partial charge in [0.2, 0.25) is 5.91 Å². The van der Waals surface area contributed by atoms with Crippen molar-refractivity contribution in [1.82, 2.24) is 5.32 Å². The quantitative estimate of drug-likeness (QED) is 0.890. The van der Waals surface area contributed by atoms with Gasteiger partial charge in [0, 0.05) is 18.8 Å². The number of halogens is 4. The molecule has 1 aliphatic rings. The van der Waals surface area contributed by atoms with E-state index in [1.807, 2.05) is 0 Å². The summed E-state index contributed by atoms with van der Waals surface area (Å²) in [4.78, 5) is 11.6. The Morgan fingerprint density at radius 3 is 2.58 bits per heavy atom. The first kappa shape index (κ1) is 14.1. The summed E-state index contributed by atoms with van der Waals surface area (Å²) in [6, 6.07) is 3.87. The van der Waals surface area contributed by atoms with Gasteiger partial charge in [-0.2, -0.15) is 0 Å². The van der Waals surface area contributed by atoms with Crippen LogP contribution in [0.1, 0.15) is 0 Å². The van der Waals surface area contributed by atoms with Gasteiger partial charge in [-0.05, 0) is 34.1 Å². The highest BCUT2D eigenvalue weighted by Crippen LogP contribution is 2.32. The molecule has 104 valence electrons. The maximum absolute atomic E-state index is 12.1. The van der Waals surface area contributed by atoms with Crippen LogP contribution in [-0.2, 0) is 4.79 Å². The van der Waals surface area contributed by atoms with Crippen molar-refractivity contribution in [2.45, 2.75) is 6.36 Å². The number of anilines is 1. The second-order valence-corrected chi connectivity index (χ2v) is 4.89. The zero-order valence-electron chi connectivity index (χ0n) is 9.55. The fraction of sp³-hybridized carbons (Fsp3) is 0.364. The van der Waals surface area contributed by atoms with Gasteiger partial charge in [-0.25, -0.2) is 0 Å². The van der Waals surface area contributed by atoms with Crippen LogP contribution in [0.5, 0.6) is 5.75 Å². The zero-order valence-corrected chi connectivity index (χ0v) is 11.1. The third-order valence-corrected chi connectivity index (χ3v) is 3.20. The van der Waals surface area contributed by atoms with Crippen molar-refractivity contribution in [1.29, 1.82) is 0 Å². The van der Waals surface area contributed by atoms with Gasteiger partial charge in [0.25, 0.3) is 0 Å². The van der Waals surface area contributed by atoms with Gasteiger partial charge in [0.15, 0.2) is 0 Å². The molecule has 0 aliphatic carbocycles. The fourth-order valence-corrected chi connectivity index (χ4v) is 1.96. The molecule has 0 bridgehead atoms. The summed E-state index contributed by atoms with van der Waals surface area (Å²) in [5.74, 6) is -0.601. The van der Waals surface area contributed by atoms with E-state index in [9.17, 15) is 18.0 Å². The number of benzene rings is 1. The first-order valence-corrected chi connectivity index (χ1v) is 6.21. The molecule has 0 radical (unpaired) electrons. The molecule has 0 atom stereocenters. The van der Waals surface area contributed by atoms with E-state index in [0.717, 1.165) is 6.07 Å². The van der Waals surface area contributed by atoms with Crippen molar-refractivity contribution in [2.75, 3.05) is 18.4 Å². The monoisotopic (exact) mass is 338 g/mol. The van der Waals surface area contributed by atoms with Crippen LogP contribution in [0.4, 0.5) is 18.9 Å². The molecule has 0 spiro atoms. The fourth-order valence-electron chi connectivity index (χ4n) is 1.50. The van der Waals surface area contributed by atoms with E-state index in [4.69, 9.17) is 0 Å². The topological polar surface area (TPSA) is 50.4 Å². The molecule has 4 nitrogen and oxygen atoms in total. The Morgan fingerprint density at radius 2 is 2.11 bits per heavy atom. The molecular weight excluding hydrogens is 329 g/mol. The molecule has 0 unspecified atom stereocenters. The molecule has 1 amide bonds. The lowest BCUT2D eigenvalue weighted by Crippen LogP contribution is -2.48. The van der Waals surface area contributed by atoms with Crippen LogP contribution < -0.4 is 15.4 Å². The predicted octanol–water partition coefficient (Wildman–Crippen LogP) is 2.51. The molecule has 2 N–H and O–H groups in total. The molecule has 1 aliphatic heterocycles. The number of carbonyl (C=O) groups is 1. The lowest BCUT2D eigenvalue weighted by Gasteiger charge is -2.25. The van der Waals surface area contributed by atoms with E-state index in [1.54, 1.807) is 0 Å². The molecule has 8 heteroatoms. The smallest absolute Gasteiger partial charge is 0.405 e. The number of ether oxygens (including phenoxy) is 1. The summed E-state index contributed by atoms with van der Waals surface area (Å²) in [5.41, 5.74) is 0.415. The summed E-state index contributed by atoms with van der Waals surface area (Å²) in [5, 5.41) is 5.59. The molecular formula is C11H10BrF3N2O2. The maximum atomic E-state index is 12.1. The number of alkyl halides is 3. The molecule has 0 aromatic heterocycles. The first-order chi connectivity index (χ1) is 8.85. The largest absolute Gasteiger partial charge is 0.573 e. The van der Waals surface area contributed by atoms with E-state index < -0.39 is 6.36 Å². The minimum atomic E-state index is -4.75. The Kier molecular flexibility index (Phi) is 4.00. The lowest BCUT2D eigenvalue weighted by atomic mass is 10.0. The van der Waals surface area contributed by atoms with Crippen LogP contribution in [0.25, 0.3) is 0 Å². The van der Waals surface area contributed by atoms with Gasteiger partial charge in [-0.15, -0.1) is 13.2 Å². The summed E-state index contributed by atoms with van der Waals surface area (Å²) < 4.78 is 40.1. The third kappa shape index (κ3) is 3.84. The van der Waals surface area contributed by atoms with Crippen LogP contribution in [0, 0.1) is 5.92 Å². The Morgan fingerprint density at radius 1 is 1.42 bits per heavy atom. The molecule has 1 saturated heterocycles. The normalized spacial score (nSPS) is 15.8. The first-order valence-electron chi connectivity index (χ1n) is 5.42. The Hall–Kier alpha value is -1.28. The number of hydrogen-bond donors (Lipinski definition) is 2. The number of carbonyl (C=O) groups excluding carboxylic acids is 1. The average Bonchev–Trinajstić information content (AvgIpc) is 2.17. The summed E-state index contributed by atoms with van der Waals surface area (Å²) in [6.07, 6.45) is -4.75. The van der Waals surface area contributed by atoms with Gasteiger partial charge < -0.3 is 15.4 Å². The van der Waals surface area contributed by atoms with Gasteiger partial charge in [0.05, 0.1) is 10.4 Å². The van der Waals surface area contributed by atoms with Gasteiger partial charge in [-0.3, -0.25) is 4.79 Å².